The molecule has 0 fully saturated rings. The lowest BCUT2D eigenvalue weighted by Gasteiger charge is -2.26. The largest absolute Gasteiger partial charge is 0.496 e. The van der Waals surface area contributed by atoms with Gasteiger partial charge in [0, 0.05) is 31.4 Å². The SMILES string of the molecule is C#CC(=S)NN(C)NC(=O)C1=CC(=C=C)N(C)C=C1c1cc(F)ccc1OC. The summed E-state index contributed by atoms with van der Waals surface area (Å²) in [7, 11) is 4.78. The van der Waals surface area contributed by atoms with Gasteiger partial charge in [0.2, 0.25) is 0 Å². The van der Waals surface area contributed by atoms with Crippen molar-refractivity contribution < 1.29 is 13.9 Å². The van der Waals surface area contributed by atoms with Gasteiger partial charge in [-0.3, -0.25) is 15.6 Å². The van der Waals surface area contributed by atoms with Crippen molar-refractivity contribution in [1.29, 1.82) is 0 Å². The number of methoxy groups -OCH3 is 1. The normalized spacial score (nSPS) is 13.1. The maximum atomic E-state index is 13.9. The molecule has 28 heavy (non-hydrogen) atoms. The number of hydrazine groups is 2. The van der Waals surface area contributed by atoms with Gasteiger partial charge in [0.05, 0.1) is 18.4 Å². The molecule has 0 atom stereocenters. The number of hydrogen-bond donors (Lipinski definition) is 2. The van der Waals surface area contributed by atoms with Crippen LogP contribution in [0, 0.1) is 18.2 Å². The number of allylic oxidation sites excluding steroid dienone is 1. The number of likely N-dealkylation sites (N-methyl/N-ethyl adjacent to an activating group) is 1. The first-order chi connectivity index (χ1) is 13.3. The average molecular weight is 398 g/mol. The molecule has 144 valence electrons. The van der Waals surface area contributed by atoms with Gasteiger partial charge >= 0.3 is 0 Å². The maximum Gasteiger partial charge on any atom is 0.267 e. The number of carbonyl (C=O) groups is 1. The minimum atomic E-state index is -0.478. The molecule has 6 nitrogen and oxygen atoms in total. The van der Waals surface area contributed by atoms with Crippen LogP contribution in [0.4, 0.5) is 4.39 Å². The van der Waals surface area contributed by atoms with E-state index in [1.54, 1.807) is 24.2 Å². The fraction of sp³-hybridized carbons (Fsp3) is 0.150. The number of thiocarbonyl (C=S) groups is 1. The zero-order chi connectivity index (χ0) is 20.8. The van der Waals surface area contributed by atoms with E-state index in [0.717, 1.165) is 0 Å². The Morgan fingerprint density at radius 1 is 1.43 bits per heavy atom. The van der Waals surface area contributed by atoms with Crippen molar-refractivity contribution in [3.8, 4) is 18.1 Å². The highest BCUT2D eigenvalue weighted by Gasteiger charge is 2.25. The zero-order valence-electron chi connectivity index (χ0n) is 15.7. The first-order valence-corrected chi connectivity index (χ1v) is 8.44. The van der Waals surface area contributed by atoms with Crippen LogP contribution in [-0.4, -0.2) is 42.1 Å². The van der Waals surface area contributed by atoms with Gasteiger partial charge in [0.15, 0.2) is 4.99 Å². The summed E-state index contributed by atoms with van der Waals surface area (Å²) in [5.41, 5.74) is 9.71. The minimum absolute atomic E-state index is 0.106. The van der Waals surface area contributed by atoms with E-state index in [9.17, 15) is 9.18 Å². The lowest BCUT2D eigenvalue weighted by molar-refractivity contribution is -0.121. The number of nitrogens with one attached hydrogen (secondary N) is 2. The smallest absolute Gasteiger partial charge is 0.267 e. The topological polar surface area (TPSA) is 56.8 Å². The highest BCUT2D eigenvalue weighted by molar-refractivity contribution is 7.80. The van der Waals surface area contributed by atoms with Crippen molar-refractivity contribution in [2.24, 2.45) is 0 Å². The molecule has 0 spiro atoms. The summed E-state index contributed by atoms with van der Waals surface area (Å²) >= 11 is 4.89. The standard InChI is InChI=1S/C20H19FN4O2S/c1-6-14-11-16(20(26)23-25(4)22-19(28)7-2)17(12-24(14)3)15-10-13(21)8-9-18(15)27-5/h2,8-12H,1H2,3-5H3,(H,22,28)(H,23,26). The van der Waals surface area contributed by atoms with E-state index in [-0.39, 0.29) is 10.6 Å². The number of nitrogens with zero attached hydrogens (tertiary/aromatic N) is 2. The Hall–Kier alpha value is -3.37. The summed E-state index contributed by atoms with van der Waals surface area (Å²) in [6.07, 6.45) is 8.47. The summed E-state index contributed by atoms with van der Waals surface area (Å²) in [6.45, 7) is 3.63. The molecule has 0 bridgehead atoms. The molecule has 1 heterocycles. The molecule has 0 unspecified atom stereocenters. The number of benzene rings is 1. The Kier molecular flexibility index (Phi) is 6.74. The Bertz CT molecular complexity index is 971. The van der Waals surface area contributed by atoms with E-state index < -0.39 is 11.7 Å². The fourth-order valence-electron chi connectivity index (χ4n) is 2.54. The molecular weight excluding hydrogens is 379 g/mol. The minimum Gasteiger partial charge on any atom is -0.496 e. The predicted octanol–water partition coefficient (Wildman–Crippen LogP) is 2.14. The Morgan fingerprint density at radius 3 is 2.75 bits per heavy atom. The Morgan fingerprint density at radius 2 is 2.14 bits per heavy atom. The predicted molar refractivity (Wildman–Crippen MR) is 110 cm³/mol. The van der Waals surface area contributed by atoms with E-state index >= 15 is 0 Å². The van der Waals surface area contributed by atoms with Crippen molar-refractivity contribution >= 4 is 28.7 Å². The number of ether oxygens (including phenoxy) is 1. The second-order valence-electron chi connectivity index (χ2n) is 5.70. The van der Waals surface area contributed by atoms with Gasteiger partial charge in [-0.05, 0) is 42.4 Å². The number of carbonyl (C=O) groups excluding carboxylic acids is 1. The van der Waals surface area contributed by atoms with E-state index in [4.69, 9.17) is 23.4 Å². The molecule has 0 radical (unpaired) electrons. The lowest BCUT2D eigenvalue weighted by atomic mass is 9.94. The third-order valence-electron chi connectivity index (χ3n) is 3.82. The van der Waals surface area contributed by atoms with Gasteiger partial charge in [-0.1, -0.05) is 6.58 Å². The van der Waals surface area contributed by atoms with Crippen LogP contribution in [0.2, 0.25) is 0 Å². The second-order valence-corrected chi connectivity index (χ2v) is 6.11. The first-order valence-electron chi connectivity index (χ1n) is 8.03. The van der Waals surface area contributed by atoms with Crippen LogP contribution in [0.1, 0.15) is 5.56 Å². The molecule has 1 aromatic rings. The van der Waals surface area contributed by atoms with Gasteiger partial charge in [-0.2, -0.15) is 0 Å². The highest BCUT2D eigenvalue weighted by atomic mass is 32.1. The molecule has 1 aliphatic rings. The zero-order valence-corrected chi connectivity index (χ0v) is 16.5. The molecular formula is C20H19FN4O2S. The molecule has 0 aromatic heterocycles. The Labute approximate surface area is 168 Å². The maximum absolute atomic E-state index is 13.9. The van der Waals surface area contributed by atoms with Gasteiger partial charge in [-0.15, -0.1) is 17.3 Å². The average Bonchev–Trinajstić information content (AvgIpc) is 2.67. The highest BCUT2D eigenvalue weighted by Crippen LogP contribution is 2.35. The van der Waals surface area contributed by atoms with Gasteiger partial charge in [-0.25, -0.2) is 4.39 Å². The number of rotatable bonds is 5. The molecule has 1 aliphatic heterocycles. The number of halogens is 1. The summed E-state index contributed by atoms with van der Waals surface area (Å²) in [5, 5.41) is 1.24. The van der Waals surface area contributed by atoms with Crippen LogP contribution in [-0.2, 0) is 4.79 Å². The van der Waals surface area contributed by atoms with Crippen LogP contribution < -0.4 is 15.6 Å². The quantitative estimate of drug-likeness (QED) is 0.343. The third kappa shape index (κ3) is 4.67. The number of amides is 1. The van der Waals surface area contributed by atoms with Crippen molar-refractivity contribution in [1.82, 2.24) is 20.9 Å². The number of terminal acetylenes is 1. The van der Waals surface area contributed by atoms with E-state index in [1.165, 1.54) is 37.5 Å². The summed E-state index contributed by atoms with van der Waals surface area (Å²) in [6, 6.07) is 4.09. The summed E-state index contributed by atoms with van der Waals surface area (Å²) < 4.78 is 19.2. The van der Waals surface area contributed by atoms with Crippen molar-refractivity contribution in [3.05, 3.63) is 65.4 Å². The second kappa shape index (κ2) is 9.02. The molecule has 1 amide bonds. The molecule has 0 saturated heterocycles. The van der Waals surface area contributed by atoms with Gasteiger partial charge < -0.3 is 9.64 Å². The molecule has 0 aliphatic carbocycles. The van der Waals surface area contributed by atoms with Gasteiger partial charge in [0.25, 0.3) is 5.91 Å². The van der Waals surface area contributed by atoms with Crippen LogP contribution in [0.5, 0.6) is 5.75 Å². The molecule has 0 saturated carbocycles. The summed E-state index contributed by atoms with van der Waals surface area (Å²) in [5.74, 6) is 1.73. The van der Waals surface area contributed by atoms with Crippen LogP contribution in [0.3, 0.4) is 0 Å². The van der Waals surface area contributed by atoms with E-state index in [2.05, 4.69) is 29.1 Å². The van der Waals surface area contributed by atoms with E-state index in [0.29, 0.717) is 22.6 Å². The van der Waals surface area contributed by atoms with E-state index in [1.807, 2.05) is 0 Å². The van der Waals surface area contributed by atoms with Gasteiger partial charge in [0.1, 0.15) is 11.6 Å². The Balaban J connectivity index is 2.46. The van der Waals surface area contributed by atoms with Crippen molar-refractivity contribution in [2.45, 2.75) is 0 Å². The van der Waals surface area contributed by atoms with Crippen LogP contribution in [0.25, 0.3) is 5.57 Å². The molecule has 2 N–H and O–H groups in total. The molecule has 2 rings (SSSR count). The lowest BCUT2D eigenvalue weighted by Crippen LogP contribution is -2.50. The van der Waals surface area contributed by atoms with Crippen molar-refractivity contribution in [2.75, 3.05) is 21.2 Å². The molecule has 8 heteroatoms. The van der Waals surface area contributed by atoms with Crippen molar-refractivity contribution in [3.63, 3.8) is 0 Å². The number of hydrogen-bond acceptors (Lipinski definition) is 5. The third-order valence-corrected chi connectivity index (χ3v) is 4.03. The molecule has 1 aromatic carbocycles. The summed E-state index contributed by atoms with van der Waals surface area (Å²) in [4.78, 5) is 14.7. The monoisotopic (exact) mass is 398 g/mol. The van der Waals surface area contributed by atoms with Crippen LogP contribution in [0.15, 0.2) is 54.1 Å². The fourth-order valence-corrected chi connectivity index (χ4v) is 2.68. The first kappa shape index (κ1) is 20.9. The van der Waals surface area contributed by atoms with Crippen LogP contribution >= 0.6 is 12.2 Å².